The minimum atomic E-state index is -0.827. The van der Waals surface area contributed by atoms with E-state index in [-0.39, 0.29) is 50.3 Å². The summed E-state index contributed by atoms with van der Waals surface area (Å²) in [6.45, 7) is 0.0524. The highest BCUT2D eigenvalue weighted by atomic mass is 35.5. The molecule has 0 saturated heterocycles. The van der Waals surface area contributed by atoms with Crippen LogP contribution in [0.25, 0.3) is 0 Å². The molecule has 8 heteroatoms. The molecule has 0 aromatic heterocycles. The first-order chi connectivity index (χ1) is 9.62. The van der Waals surface area contributed by atoms with Gasteiger partial charge in [0.2, 0.25) is 0 Å². The number of nitroso groups, excluding NO2 is 1. The molecule has 1 aromatic rings. The minimum absolute atomic E-state index is 0. The lowest BCUT2D eigenvalue weighted by molar-refractivity contribution is 0.0297. The molecule has 118 valence electrons. The number of hydrogen-bond donors (Lipinski definition) is 2. The molecule has 21 heavy (non-hydrogen) atoms. The fourth-order valence-corrected chi connectivity index (χ4v) is 1.74. The number of aliphatic hydroxyl groups is 2. The summed E-state index contributed by atoms with van der Waals surface area (Å²) in [4.78, 5) is 23.9. The van der Waals surface area contributed by atoms with E-state index in [4.69, 9.17) is 9.84 Å². The van der Waals surface area contributed by atoms with E-state index >= 15 is 0 Å². The Labute approximate surface area is 128 Å². The number of benzene rings is 1. The standard InChI is InChI=1S/C13H18N2O5.ClH/c1-20-9-12(17)8-15(6-7-16)13(18)10-2-4-11(14-19)5-3-10;/h2-5,12,16-17H,6-9H2,1H3;1H. The average molecular weight is 319 g/mol. The van der Waals surface area contributed by atoms with Crippen LogP contribution < -0.4 is 0 Å². The summed E-state index contributed by atoms with van der Waals surface area (Å²) < 4.78 is 4.80. The molecular formula is C13H19ClN2O5. The summed E-state index contributed by atoms with van der Waals surface area (Å²) in [6, 6.07) is 5.82. The Morgan fingerprint density at radius 3 is 2.48 bits per heavy atom. The van der Waals surface area contributed by atoms with Gasteiger partial charge in [0.1, 0.15) is 5.69 Å². The third-order valence-corrected chi connectivity index (χ3v) is 2.67. The molecule has 1 rings (SSSR count). The second-order valence-corrected chi connectivity index (χ2v) is 4.22. The lowest BCUT2D eigenvalue weighted by atomic mass is 10.1. The molecule has 0 aliphatic carbocycles. The molecule has 1 unspecified atom stereocenters. The molecule has 0 radical (unpaired) electrons. The Hall–Kier alpha value is -1.54. The maximum Gasteiger partial charge on any atom is 0.254 e. The summed E-state index contributed by atoms with van der Waals surface area (Å²) in [5.74, 6) is -0.341. The smallest absolute Gasteiger partial charge is 0.254 e. The van der Waals surface area contributed by atoms with Crippen molar-refractivity contribution in [3.63, 3.8) is 0 Å². The zero-order valence-electron chi connectivity index (χ0n) is 11.6. The quantitative estimate of drug-likeness (QED) is 0.695. The van der Waals surface area contributed by atoms with Gasteiger partial charge >= 0.3 is 0 Å². The van der Waals surface area contributed by atoms with E-state index in [9.17, 15) is 14.8 Å². The van der Waals surface area contributed by atoms with Gasteiger partial charge in [0, 0.05) is 25.8 Å². The SMILES string of the molecule is COCC(O)CN(CCO)C(=O)c1ccc(N=O)cc1.Cl. The number of rotatable bonds is 8. The molecule has 2 N–H and O–H groups in total. The third kappa shape index (κ3) is 6.17. The van der Waals surface area contributed by atoms with E-state index < -0.39 is 6.10 Å². The van der Waals surface area contributed by atoms with Gasteiger partial charge in [0.15, 0.2) is 0 Å². The lowest BCUT2D eigenvalue weighted by Gasteiger charge is -2.24. The predicted octanol–water partition coefficient (Wildman–Crippen LogP) is 0.948. The summed E-state index contributed by atoms with van der Waals surface area (Å²) in [5, 5.41) is 21.4. The number of nitrogens with zero attached hydrogens (tertiary/aromatic N) is 2. The Balaban J connectivity index is 0.00000400. The van der Waals surface area contributed by atoms with Crippen molar-refractivity contribution in [1.82, 2.24) is 4.90 Å². The van der Waals surface area contributed by atoms with Crippen LogP contribution >= 0.6 is 12.4 Å². The highest BCUT2D eigenvalue weighted by Crippen LogP contribution is 2.14. The van der Waals surface area contributed by atoms with Crippen LogP contribution in [-0.4, -0.2) is 60.5 Å². The van der Waals surface area contributed by atoms with E-state index in [1.807, 2.05) is 0 Å². The van der Waals surface area contributed by atoms with Crippen molar-refractivity contribution in [2.24, 2.45) is 5.18 Å². The molecule has 0 aliphatic rings. The van der Waals surface area contributed by atoms with Gasteiger partial charge in [-0.25, -0.2) is 0 Å². The van der Waals surface area contributed by atoms with Gasteiger partial charge in [-0.2, -0.15) is 0 Å². The van der Waals surface area contributed by atoms with Gasteiger partial charge in [-0.15, -0.1) is 17.3 Å². The monoisotopic (exact) mass is 318 g/mol. The fraction of sp³-hybridized carbons (Fsp3) is 0.462. The van der Waals surface area contributed by atoms with Gasteiger partial charge in [0.05, 0.1) is 19.3 Å². The molecule has 0 spiro atoms. The second kappa shape index (κ2) is 10.2. The topological polar surface area (TPSA) is 99.4 Å². The molecule has 1 amide bonds. The number of methoxy groups -OCH3 is 1. The van der Waals surface area contributed by atoms with Crippen LogP contribution in [0, 0.1) is 4.91 Å². The van der Waals surface area contributed by atoms with Crippen molar-refractivity contribution >= 4 is 24.0 Å². The molecule has 0 aliphatic heterocycles. The molecule has 1 aromatic carbocycles. The van der Waals surface area contributed by atoms with Crippen LogP contribution in [0.3, 0.4) is 0 Å². The van der Waals surface area contributed by atoms with Gasteiger partial charge < -0.3 is 19.8 Å². The lowest BCUT2D eigenvalue weighted by Crippen LogP contribution is -2.40. The van der Waals surface area contributed by atoms with Crippen molar-refractivity contribution in [3.8, 4) is 0 Å². The van der Waals surface area contributed by atoms with Crippen LogP contribution in [0.15, 0.2) is 29.4 Å². The first-order valence-corrected chi connectivity index (χ1v) is 6.13. The number of halogens is 1. The predicted molar refractivity (Wildman–Crippen MR) is 80.0 cm³/mol. The Bertz CT molecular complexity index is 441. The summed E-state index contributed by atoms with van der Waals surface area (Å²) >= 11 is 0. The highest BCUT2D eigenvalue weighted by molar-refractivity contribution is 5.94. The molecule has 0 saturated carbocycles. The van der Waals surface area contributed by atoms with E-state index in [2.05, 4.69) is 5.18 Å². The first kappa shape index (κ1) is 19.5. The number of ether oxygens (including phenoxy) is 1. The molecule has 0 bridgehead atoms. The zero-order chi connectivity index (χ0) is 15.0. The number of carbonyl (C=O) groups is 1. The van der Waals surface area contributed by atoms with Crippen molar-refractivity contribution < 1.29 is 19.7 Å². The van der Waals surface area contributed by atoms with Gasteiger partial charge in [0.25, 0.3) is 5.91 Å². The van der Waals surface area contributed by atoms with Crippen molar-refractivity contribution in [2.75, 3.05) is 33.4 Å². The molecule has 0 fully saturated rings. The molecule has 0 heterocycles. The normalized spacial score (nSPS) is 11.4. The van der Waals surface area contributed by atoms with Gasteiger partial charge in [-0.3, -0.25) is 4.79 Å². The van der Waals surface area contributed by atoms with Crippen molar-refractivity contribution in [3.05, 3.63) is 34.7 Å². The molecule has 1 atom stereocenters. The number of hydrogen-bond acceptors (Lipinski definition) is 6. The second-order valence-electron chi connectivity index (χ2n) is 4.22. The van der Waals surface area contributed by atoms with E-state index in [0.717, 1.165) is 0 Å². The number of carbonyl (C=O) groups excluding carboxylic acids is 1. The van der Waals surface area contributed by atoms with Crippen molar-refractivity contribution in [1.29, 1.82) is 0 Å². The zero-order valence-corrected chi connectivity index (χ0v) is 12.5. The van der Waals surface area contributed by atoms with Gasteiger partial charge in [-0.05, 0) is 29.4 Å². The van der Waals surface area contributed by atoms with Crippen LogP contribution in [0.4, 0.5) is 5.69 Å². The van der Waals surface area contributed by atoms with E-state index in [1.165, 1.54) is 36.3 Å². The van der Waals surface area contributed by atoms with Crippen LogP contribution in [0.1, 0.15) is 10.4 Å². The Morgan fingerprint density at radius 2 is 2.00 bits per heavy atom. The summed E-state index contributed by atoms with van der Waals surface area (Å²) in [6.07, 6.45) is -0.827. The van der Waals surface area contributed by atoms with Crippen LogP contribution in [0.2, 0.25) is 0 Å². The Kier molecular flexibility index (Phi) is 9.48. The number of amides is 1. The fourth-order valence-electron chi connectivity index (χ4n) is 1.74. The van der Waals surface area contributed by atoms with E-state index in [0.29, 0.717) is 5.56 Å². The summed E-state index contributed by atoms with van der Waals surface area (Å²) in [7, 11) is 1.45. The highest BCUT2D eigenvalue weighted by Gasteiger charge is 2.18. The van der Waals surface area contributed by atoms with Crippen LogP contribution in [0.5, 0.6) is 0 Å². The largest absolute Gasteiger partial charge is 0.395 e. The maximum absolute atomic E-state index is 12.2. The minimum Gasteiger partial charge on any atom is -0.395 e. The summed E-state index contributed by atoms with van der Waals surface area (Å²) in [5.41, 5.74) is 0.588. The van der Waals surface area contributed by atoms with E-state index in [1.54, 1.807) is 0 Å². The molecule has 7 nitrogen and oxygen atoms in total. The average Bonchev–Trinajstić information content (AvgIpc) is 2.46. The maximum atomic E-state index is 12.2. The Morgan fingerprint density at radius 1 is 1.38 bits per heavy atom. The van der Waals surface area contributed by atoms with Crippen molar-refractivity contribution in [2.45, 2.75) is 6.10 Å². The molecular weight excluding hydrogens is 300 g/mol. The van der Waals surface area contributed by atoms with Gasteiger partial charge in [-0.1, -0.05) is 0 Å². The van der Waals surface area contributed by atoms with Crippen LogP contribution in [-0.2, 0) is 4.74 Å². The number of aliphatic hydroxyl groups excluding tert-OH is 2. The first-order valence-electron chi connectivity index (χ1n) is 6.13. The third-order valence-electron chi connectivity index (χ3n) is 2.67.